The molecule has 7 nitrogen and oxygen atoms in total. The first-order valence-electron chi connectivity index (χ1n) is 8.52. The van der Waals surface area contributed by atoms with Crippen LogP contribution in [0, 0.1) is 5.82 Å². The van der Waals surface area contributed by atoms with Crippen molar-refractivity contribution in [1.29, 1.82) is 0 Å². The average Bonchev–Trinajstić information content (AvgIpc) is 3.18. The lowest BCUT2D eigenvalue weighted by molar-refractivity contribution is 0.624. The third-order valence-electron chi connectivity index (χ3n) is 4.78. The van der Waals surface area contributed by atoms with Crippen LogP contribution in [0.1, 0.15) is 0 Å². The molecule has 0 N–H and O–H groups in total. The lowest BCUT2D eigenvalue weighted by Gasteiger charge is -2.36. The Labute approximate surface area is 148 Å². The van der Waals surface area contributed by atoms with E-state index >= 15 is 0 Å². The summed E-state index contributed by atoms with van der Waals surface area (Å²) in [4.78, 5) is 9.26. The summed E-state index contributed by atoms with van der Waals surface area (Å²) in [5.41, 5.74) is 3.45. The second kappa shape index (κ2) is 5.91. The van der Waals surface area contributed by atoms with Crippen LogP contribution in [0.4, 0.5) is 15.9 Å². The van der Waals surface area contributed by atoms with Crippen molar-refractivity contribution >= 4 is 28.2 Å². The van der Waals surface area contributed by atoms with Crippen LogP contribution in [-0.2, 0) is 0 Å². The molecule has 0 spiro atoms. The number of piperazine rings is 1. The molecule has 130 valence electrons. The van der Waals surface area contributed by atoms with Gasteiger partial charge < -0.3 is 9.80 Å². The van der Waals surface area contributed by atoms with E-state index in [2.05, 4.69) is 25.3 Å². The molecule has 3 heterocycles. The summed E-state index contributed by atoms with van der Waals surface area (Å²) in [5, 5.41) is 12.1. The van der Waals surface area contributed by atoms with Gasteiger partial charge in [-0.1, -0.05) is 12.1 Å². The van der Waals surface area contributed by atoms with Gasteiger partial charge in [0.25, 0.3) is 0 Å². The van der Waals surface area contributed by atoms with Crippen LogP contribution in [0.5, 0.6) is 0 Å². The zero-order valence-electron chi connectivity index (χ0n) is 14.0. The van der Waals surface area contributed by atoms with Crippen molar-refractivity contribution in [3.05, 3.63) is 54.3 Å². The van der Waals surface area contributed by atoms with E-state index in [0.717, 1.165) is 48.7 Å². The second-order valence-corrected chi connectivity index (χ2v) is 6.29. The first kappa shape index (κ1) is 15.0. The van der Waals surface area contributed by atoms with Gasteiger partial charge >= 0.3 is 0 Å². The van der Waals surface area contributed by atoms with Gasteiger partial charge in [0.15, 0.2) is 5.82 Å². The summed E-state index contributed by atoms with van der Waals surface area (Å²) in [6, 6.07) is 14.5. The summed E-state index contributed by atoms with van der Waals surface area (Å²) in [5.74, 6) is 0.585. The predicted octanol–water partition coefficient (Wildman–Crippen LogP) is 2.14. The van der Waals surface area contributed by atoms with Gasteiger partial charge in [0.05, 0.1) is 11.0 Å². The molecule has 2 aromatic heterocycles. The molecule has 0 radical (unpaired) electrons. The number of hydrogen-bond donors (Lipinski definition) is 0. The fourth-order valence-corrected chi connectivity index (χ4v) is 3.43. The van der Waals surface area contributed by atoms with Gasteiger partial charge in [0, 0.05) is 31.9 Å². The number of hydrogen-bond acceptors (Lipinski definition) is 6. The highest BCUT2D eigenvalue weighted by atomic mass is 19.1. The lowest BCUT2D eigenvalue weighted by Crippen LogP contribution is -2.47. The Morgan fingerprint density at radius 3 is 2.38 bits per heavy atom. The Kier molecular flexibility index (Phi) is 3.41. The van der Waals surface area contributed by atoms with E-state index in [1.807, 2.05) is 36.4 Å². The van der Waals surface area contributed by atoms with Crippen molar-refractivity contribution in [3.63, 3.8) is 0 Å². The first-order valence-corrected chi connectivity index (χ1v) is 8.52. The number of rotatable bonds is 2. The van der Waals surface area contributed by atoms with Crippen LogP contribution in [0.15, 0.2) is 48.5 Å². The molecule has 1 aliphatic heterocycles. The maximum absolute atomic E-state index is 13.1. The third kappa shape index (κ3) is 2.42. The normalized spacial score (nSPS) is 15.1. The Morgan fingerprint density at radius 2 is 1.58 bits per heavy atom. The van der Waals surface area contributed by atoms with Gasteiger partial charge in [-0.15, -0.1) is 5.10 Å². The van der Waals surface area contributed by atoms with Crippen molar-refractivity contribution in [3.8, 4) is 0 Å². The fourth-order valence-electron chi connectivity index (χ4n) is 3.43. The largest absolute Gasteiger partial charge is 0.368 e. The summed E-state index contributed by atoms with van der Waals surface area (Å²) < 4.78 is 14.9. The molecule has 1 fully saturated rings. The molecule has 0 amide bonds. The highest BCUT2D eigenvalue weighted by Crippen LogP contribution is 2.24. The van der Waals surface area contributed by atoms with Gasteiger partial charge in [0.2, 0.25) is 5.65 Å². The standard InChI is InChI=1S/C18H16FN7/c19-13-5-7-14(8-6-13)24-9-11-25(12-10-24)17-18-21-22-23-26(18)16-4-2-1-3-15(16)20-17/h1-8H,9-12H2. The van der Waals surface area contributed by atoms with Crippen molar-refractivity contribution in [2.75, 3.05) is 36.0 Å². The summed E-state index contributed by atoms with van der Waals surface area (Å²) in [6.45, 7) is 3.25. The average molecular weight is 349 g/mol. The molecular formula is C18H16FN7. The second-order valence-electron chi connectivity index (χ2n) is 6.29. The molecule has 1 saturated heterocycles. The van der Waals surface area contributed by atoms with Gasteiger partial charge in [-0.25, -0.2) is 9.37 Å². The number of tetrazole rings is 1. The quantitative estimate of drug-likeness (QED) is 0.553. The summed E-state index contributed by atoms with van der Waals surface area (Å²) >= 11 is 0. The Balaban J connectivity index is 1.46. The van der Waals surface area contributed by atoms with Crippen LogP contribution >= 0.6 is 0 Å². The molecule has 0 aliphatic carbocycles. The molecule has 0 atom stereocenters. The smallest absolute Gasteiger partial charge is 0.222 e. The van der Waals surface area contributed by atoms with E-state index in [-0.39, 0.29) is 5.82 Å². The van der Waals surface area contributed by atoms with E-state index < -0.39 is 0 Å². The molecule has 0 saturated carbocycles. The van der Waals surface area contributed by atoms with Crippen molar-refractivity contribution in [2.24, 2.45) is 0 Å². The number of nitrogens with zero attached hydrogens (tertiary/aromatic N) is 7. The number of benzene rings is 2. The number of fused-ring (bicyclic) bond motifs is 3. The Hall–Kier alpha value is -3.29. The van der Waals surface area contributed by atoms with E-state index in [0.29, 0.717) is 5.65 Å². The van der Waals surface area contributed by atoms with Crippen LogP contribution in [0.3, 0.4) is 0 Å². The first-order chi connectivity index (χ1) is 12.8. The zero-order valence-corrected chi connectivity index (χ0v) is 14.0. The number of anilines is 2. The topological polar surface area (TPSA) is 62.5 Å². The zero-order chi connectivity index (χ0) is 17.5. The van der Waals surface area contributed by atoms with Crippen molar-refractivity contribution < 1.29 is 4.39 Å². The van der Waals surface area contributed by atoms with Gasteiger partial charge in [-0.05, 0) is 46.8 Å². The highest BCUT2D eigenvalue weighted by Gasteiger charge is 2.22. The van der Waals surface area contributed by atoms with Gasteiger partial charge in [-0.2, -0.15) is 4.52 Å². The van der Waals surface area contributed by atoms with Crippen LogP contribution in [-0.4, -0.2) is 51.2 Å². The third-order valence-corrected chi connectivity index (χ3v) is 4.78. The molecule has 0 bridgehead atoms. The van der Waals surface area contributed by atoms with E-state index in [4.69, 9.17) is 4.98 Å². The van der Waals surface area contributed by atoms with Crippen molar-refractivity contribution in [2.45, 2.75) is 0 Å². The molecule has 26 heavy (non-hydrogen) atoms. The lowest BCUT2D eigenvalue weighted by atomic mass is 10.2. The number of aromatic nitrogens is 5. The Morgan fingerprint density at radius 1 is 0.846 bits per heavy atom. The maximum atomic E-state index is 13.1. The molecule has 8 heteroatoms. The van der Waals surface area contributed by atoms with Crippen LogP contribution < -0.4 is 9.80 Å². The molecule has 2 aromatic carbocycles. The number of para-hydroxylation sites is 2. The highest BCUT2D eigenvalue weighted by molar-refractivity contribution is 5.82. The monoisotopic (exact) mass is 349 g/mol. The van der Waals surface area contributed by atoms with E-state index in [9.17, 15) is 4.39 Å². The minimum atomic E-state index is -0.213. The van der Waals surface area contributed by atoms with Gasteiger partial charge in [0.1, 0.15) is 5.82 Å². The molecule has 0 unspecified atom stereocenters. The SMILES string of the molecule is Fc1ccc(N2CCN(c3nc4ccccc4n4nnnc34)CC2)cc1. The van der Waals surface area contributed by atoms with Gasteiger partial charge in [-0.3, -0.25) is 0 Å². The summed E-state index contributed by atoms with van der Waals surface area (Å²) in [7, 11) is 0. The predicted molar refractivity (Wildman–Crippen MR) is 96.9 cm³/mol. The minimum Gasteiger partial charge on any atom is -0.368 e. The van der Waals surface area contributed by atoms with Crippen molar-refractivity contribution in [1.82, 2.24) is 25.0 Å². The number of halogens is 1. The molecular weight excluding hydrogens is 333 g/mol. The maximum Gasteiger partial charge on any atom is 0.222 e. The van der Waals surface area contributed by atoms with E-state index in [1.165, 1.54) is 12.1 Å². The molecule has 1 aliphatic rings. The van der Waals surface area contributed by atoms with E-state index in [1.54, 1.807) is 4.52 Å². The molecule has 4 aromatic rings. The fraction of sp³-hybridized carbons (Fsp3) is 0.222. The minimum absolute atomic E-state index is 0.213. The Bertz CT molecular complexity index is 1070. The van der Waals surface area contributed by atoms with Crippen LogP contribution in [0.2, 0.25) is 0 Å². The molecule has 5 rings (SSSR count). The van der Waals surface area contributed by atoms with Crippen LogP contribution in [0.25, 0.3) is 16.7 Å². The summed E-state index contributed by atoms with van der Waals surface area (Å²) in [6.07, 6.45) is 0.